The summed E-state index contributed by atoms with van der Waals surface area (Å²) in [5.74, 6) is 0.500. The highest BCUT2D eigenvalue weighted by molar-refractivity contribution is 6.15. The quantitative estimate of drug-likeness (QED) is 0.411. The summed E-state index contributed by atoms with van der Waals surface area (Å²) in [6.07, 6.45) is 0.395. The molecule has 0 saturated carbocycles. The summed E-state index contributed by atoms with van der Waals surface area (Å²) in [6.45, 7) is 4.08. The van der Waals surface area contributed by atoms with Crippen molar-refractivity contribution in [2.24, 2.45) is 11.7 Å². The van der Waals surface area contributed by atoms with Crippen molar-refractivity contribution in [1.82, 2.24) is 0 Å². The average Bonchev–Trinajstić information content (AvgIpc) is 1.63. The lowest BCUT2D eigenvalue weighted by Gasteiger charge is -2.12. The van der Waals surface area contributed by atoms with Crippen LogP contribution in [0.2, 0.25) is 0 Å². The van der Waals surface area contributed by atoms with E-state index in [1.165, 1.54) is 0 Å². The van der Waals surface area contributed by atoms with Gasteiger partial charge in [-0.3, -0.25) is 0 Å². The first-order valence-electron chi connectivity index (χ1n) is 3.03. The maximum Gasteiger partial charge on any atom is 0.486 e. The third-order valence-electron chi connectivity index (χ3n) is 0.939. The molecule has 4 heteroatoms. The van der Waals surface area contributed by atoms with Crippen molar-refractivity contribution in [1.29, 1.82) is 0 Å². The van der Waals surface area contributed by atoms with Crippen molar-refractivity contribution < 1.29 is 9.68 Å². The lowest BCUT2D eigenvalue weighted by Crippen LogP contribution is -2.27. The number of hydrogen-bond acceptors (Lipinski definition) is 3. The first-order valence-corrected chi connectivity index (χ1v) is 3.03. The largest absolute Gasteiger partial charge is 0.486 e. The molecule has 0 aromatic rings. The fraction of sp³-hybridized carbons (Fsp3) is 1.00. The minimum Gasteiger partial charge on any atom is -0.429 e. The van der Waals surface area contributed by atoms with E-state index in [2.05, 4.69) is 4.65 Å². The maximum atomic E-state index is 8.12. The standard InChI is InChI=1S/C5H13BNO2/c1-4(2)3-5(7)9-6-8/h4-5,8H,3,7H2,1-2H3. The van der Waals surface area contributed by atoms with E-state index in [0.717, 1.165) is 6.42 Å². The molecule has 0 aromatic carbocycles. The van der Waals surface area contributed by atoms with Crippen molar-refractivity contribution in [2.45, 2.75) is 26.5 Å². The number of hydrogen-bond donors (Lipinski definition) is 2. The highest BCUT2D eigenvalue weighted by Crippen LogP contribution is 2.01. The second-order valence-electron chi connectivity index (χ2n) is 2.41. The molecule has 1 unspecified atom stereocenters. The summed E-state index contributed by atoms with van der Waals surface area (Å²) < 4.78 is 4.56. The molecule has 53 valence electrons. The van der Waals surface area contributed by atoms with E-state index in [1.54, 1.807) is 0 Å². The van der Waals surface area contributed by atoms with Crippen LogP contribution in [-0.2, 0) is 4.65 Å². The third kappa shape index (κ3) is 5.82. The Bertz CT molecular complexity index is 70.0. The van der Waals surface area contributed by atoms with Gasteiger partial charge in [-0.15, -0.1) is 0 Å². The number of nitrogens with two attached hydrogens (primary N) is 1. The van der Waals surface area contributed by atoms with Gasteiger partial charge in [-0.25, -0.2) is 0 Å². The van der Waals surface area contributed by atoms with Crippen LogP contribution >= 0.6 is 0 Å². The molecular formula is C5H13BNO2. The monoisotopic (exact) mass is 130 g/mol. The van der Waals surface area contributed by atoms with Gasteiger partial charge in [0.15, 0.2) is 0 Å². The Kier molecular flexibility index (Phi) is 4.76. The van der Waals surface area contributed by atoms with E-state index in [9.17, 15) is 0 Å². The molecule has 0 bridgehead atoms. The first-order chi connectivity index (χ1) is 4.16. The fourth-order valence-electron chi connectivity index (χ4n) is 0.598. The van der Waals surface area contributed by atoms with Crippen LogP contribution in [0.3, 0.4) is 0 Å². The van der Waals surface area contributed by atoms with Crippen molar-refractivity contribution in [3.8, 4) is 0 Å². The third-order valence-corrected chi connectivity index (χ3v) is 0.939. The van der Waals surface area contributed by atoms with Crippen LogP contribution in [0.1, 0.15) is 20.3 Å². The lowest BCUT2D eigenvalue weighted by molar-refractivity contribution is 0.165. The van der Waals surface area contributed by atoms with Crippen LogP contribution < -0.4 is 5.73 Å². The molecule has 1 radical (unpaired) electrons. The predicted molar refractivity (Wildman–Crippen MR) is 36.5 cm³/mol. The lowest BCUT2D eigenvalue weighted by atomic mass is 10.1. The van der Waals surface area contributed by atoms with Crippen molar-refractivity contribution in [2.75, 3.05) is 0 Å². The molecule has 3 N–H and O–H groups in total. The van der Waals surface area contributed by atoms with Crippen LogP contribution in [-0.4, -0.2) is 18.9 Å². The molecule has 0 spiro atoms. The first kappa shape index (κ1) is 8.94. The van der Waals surface area contributed by atoms with E-state index < -0.39 is 0 Å². The summed E-state index contributed by atoms with van der Waals surface area (Å²) in [5.41, 5.74) is 5.37. The smallest absolute Gasteiger partial charge is 0.429 e. The Morgan fingerprint density at radius 1 is 1.67 bits per heavy atom. The van der Waals surface area contributed by atoms with Gasteiger partial charge in [0.2, 0.25) is 0 Å². The van der Waals surface area contributed by atoms with Crippen LogP contribution in [0.15, 0.2) is 0 Å². The molecule has 0 aliphatic carbocycles. The highest BCUT2D eigenvalue weighted by atomic mass is 16.5. The van der Waals surface area contributed by atoms with E-state index in [-0.39, 0.29) is 6.23 Å². The second kappa shape index (κ2) is 4.79. The predicted octanol–water partition coefficient (Wildman–Crippen LogP) is -0.140. The van der Waals surface area contributed by atoms with Crippen LogP contribution in [0, 0.1) is 5.92 Å². The van der Waals surface area contributed by atoms with E-state index in [0.29, 0.717) is 13.6 Å². The van der Waals surface area contributed by atoms with Gasteiger partial charge in [0, 0.05) is 0 Å². The second-order valence-corrected chi connectivity index (χ2v) is 2.41. The van der Waals surface area contributed by atoms with Crippen molar-refractivity contribution in [3.05, 3.63) is 0 Å². The zero-order valence-corrected chi connectivity index (χ0v) is 5.87. The average molecular weight is 130 g/mol. The van der Waals surface area contributed by atoms with E-state index in [1.807, 2.05) is 13.8 Å². The summed E-state index contributed by atoms with van der Waals surface area (Å²) in [5, 5.41) is 8.12. The minimum absolute atomic E-state index is 0.366. The summed E-state index contributed by atoms with van der Waals surface area (Å²) in [6, 6.07) is 0. The molecule has 0 aliphatic rings. The van der Waals surface area contributed by atoms with E-state index >= 15 is 0 Å². The van der Waals surface area contributed by atoms with Crippen LogP contribution in [0.4, 0.5) is 0 Å². The molecule has 3 nitrogen and oxygen atoms in total. The van der Waals surface area contributed by atoms with Crippen molar-refractivity contribution >= 4 is 7.69 Å². The Hall–Kier alpha value is -0.0551. The Labute approximate surface area is 56.5 Å². The zero-order chi connectivity index (χ0) is 7.28. The van der Waals surface area contributed by atoms with Gasteiger partial charge < -0.3 is 15.4 Å². The molecule has 0 aliphatic heterocycles. The zero-order valence-electron chi connectivity index (χ0n) is 5.87. The molecule has 1 atom stereocenters. The normalized spacial score (nSPS) is 13.9. The highest BCUT2D eigenvalue weighted by Gasteiger charge is 2.04. The SMILES string of the molecule is CC(C)CC(N)O[B]O. The van der Waals surface area contributed by atoms with Crippen LogP contribution in [0.5, 0.6) is 0 Å². The summed E-state index contributed by atoms with van der Waals surface area (Å²) >= 11 is 0. The van der Waals surface area contributed by atoms with Crippen molar-refractivity contribution in [3.63, 3.8) is 0 Å². The van der Waals surface area contributed by atoms with Gasteiger partial charge in [-0.05, 0) is 12.3 Å². The molecule has 0 heterocycles. The molecule has 0 amide bonds. The molecule has 0 aromatic heterocycles. The molecular weight excluding hydrogens is 117 g/mol. The summed E-state index contributed by atoms with van der Waals surface area (Å²) in [7, 11) is 0.632. The Morgan fingerprint density at radius 3 is 2.56 bits per heavy atom. The maximum absolute atomic E-state index is 8.12. The van der Waals surface area contributed by atoms with Crippen LogP contribution in [0.25, 0.3) is 0 Å². The Balaban J connectivity index is 3.15. The molecule has 0 rings (SSSR count). The van der Waals surface area contributed by atoms with Gasteiger partial charge in [0.25, 0.3) is 0 Å². The summed E-state index contributed by atoms with van der Waals surface area (Å²) in [4.78, 5) is 0. The van der Waals surface area contributed by atoms with Gasteiger partial charge in [-0.2, -0.15) is 0 Å². The topological polar surface area (TPSA) is 55.5 Å². The minimum atomic E-state index is -0.366. The van der Waals surface area contributed by atoms with E-state index in [4.69, 9.17) is 10.8 Å². The van der Waals surface area contributed by atoms with Gasteiger partial charge in [0.05, 0.1) is 6.23 Å². The van der Waals surface area contributed by atoms with Gasteiger partial charge >= 0.3 is 7.69 Å². The molecule has 0 saturated heterocycles. The fourth-order valence-corrected chi connectivity index (χ4v) is 0.598. The van der Waals surface area contributed by atoms with Gasteiger partial charge in [0.1, 0.15) is 0 Å². The Morgan fingerprint density at radius 2 is 2.22 bits per heavy atom. The number of rotatable bonds is 4. The molecule has 0 fully saturated rings. The molecule has 9 heavy (non-hydrogen) atoms. The van der Waals surface area contributed by atoms with Gasteiger partial charge in [-0.1, -0.05) is 13.8 Å².